The van der Waals surface area contributed by atoms with Crippen molar-refractivity contribution in [1.82, 2.24) is 0 Å². The number of anilines is 1. The number of halogens is 2. The van der Waals surface area contributed by atoms with Crippen molar-refractivity contribution < 1.29 is 13.9 Å². The quantitative estimate of drug-likeness (QED) is 0.887. The molecule has 0 radical (unpaired) electrons. The maximum atomic E-state index is 13.5. The van der Waals surface area contributed by atoms with Crippen molar-refractivity contribution in [2.24, 2.45) is 5.73 Å². The van der Waals surface area contributed by atoms with E-state index in [0.29, 0.717) is 12.3 Å². The van der Waals surface area contributed by atoms with Crippen molar-refractivity contribution in [2.45, 2.75) is 26.3 Å². The van der Waals surface area contributed by atoms with Crippen LogP contribution >= 0.6 is 12.4 Å². The molecule has 0 aliphatic rings. The second-order valence-electron chi connectivity index (χ2n) is 4.25. The fourth-order valence-corrected chi connectivity index (χ4v) is 1.14. The van der Waals surface area contributed by atoms with Crippen molar-refractivity contribution >= 4 is 24.0 Å². The van der Waals surface area contributed by atoms with E-state index in [2.05, 4.69) is 5.32 Å². The van der Waals surface area contributed by atoms with Gasteiger partial charge in [0, 0.05) is 11.8 Å². The minimum Gasteiger partial charge on any atom is -0.491 e. The van der Waals surface area contributed by atoms with Crippen LogP contribution in [0.25, 0.3) is 0 Å². The number of carbonyl (C=O) groups excluding carboxylic acids is 1. The summed E-state index contributed by atoms with van der Waals surface area (Å²) in [5.74, 6) is -0.724. The highest BCUT2D eigenvalue weighted by Crippen LogP contribution is 2.21. The van der Waals surface area contributed by atoms with Crippen molar-refractivity contribution in [3.63, 3.8) is 0 Å². The van der Waals surface area contributed by atoms with Crippen molar-refractivity contribution in [3.8, 4) is 5.75 Å². The predicted molar refractivity (Wildman–Crippen MR) is 71.7 cm³/mol. The van der Waals surface area contributed by atoms with E-state index in [9.17, 15) is 9.18 Å². The molecule has 0 saturated carbocycles. The van der Waals surface area contributed by atoms with E-state index in [1.807, 2.05) is 0 Å². The van der Waals surface area contributed by atoms with Gasteiger partial charge in [-0.3, -0.25) is 4.79 Å². The summed E-state index contributed by atoms with van der Waals surface area (Å²) in [5, 5.41) is 2.53. The van der Waals surface area contributed by atoms with Gasteiger partial charge in [-0.1, -0.05) is 0 Å². The molecule has 0 unspecified atom stereocenters. The largest absolute Gasteiger partial charge is 0.491 e. The zero-order valence-electron chi connectivity index (χ0n) is 10.6. The molecular formula is C12H18ClFN2O2. The van der Waals surface area contributed by atoms with E-state index >= 15 is 0 Å². The van der Waals surface area contributed by atoms with Gasteiger partial charge in [-0.05, 0) is 32.9 Å². The molecular weight excluding hydrogens is 259 g/mol. The third-order valence-electron chi connectivity index (χ3n) is 2.07. The molecule has 6 heteroatoms. The summed E-state index contributed by atoms with van der Waals surface area (Å²) in [6.07, 6.45) is 0. The van der Waals surface area contributed by atoms with Gasteiger partial charge in [0.15, 0.2) is 11.6 Å². The Bertz CT molecular complexity index is 419. The Labute approximate surface area is 112 Å². The average Bonchev–Trinajstić information content (AvgIpc) is 2.21. The van der Waals surface area contributed by atoms with E-state index in [1.165, 1.54) is 12.1 Å². The van der Waals surface area contributed by atoms with E-state index in [0.717, 1.165) is 0 Å². The third kappa shape index (κ3) is 4.50. The lowest BCUT2D eigenvalue weighted by Crippen LogP contribution is -2.45. The summed E-state index contributed by atoms with van der Waals surface area (Å²) < 4.78 is 18.5. The number of benzene rings is 1. The van der Waals surface area contributed by atoms with Gasteiger partial charge >= 0.3 is 0 Å². The second kappa shape index (κ2) is 6.56. The van der Waals surface area contributed by atoms with Crippen molar-refractivity contribution in [3.05, 3.63) is 24.0 Å². The molecule has 1 rings (SSSR count). The Morgan fingerprint density at radius 2 is 2.11 bits per heavy atom. The molecule has 102 valence electrons. The standard InChI is InChI=1S/C12H17FN2O2.ClH/c1-4-17-10-6-5-8(7-9(10)13)15-11(16)12(2,3)14;/h5-7H,4,14H2,1-3H3,(H,15,16);1H. The van der Waals surface area contributed by atoms with Crippen LogP contribution in [0.2, 0.25) is 0 Å². The fraction of sp³-hybridized carbons (Fsp3) is 0.417. The molecule has 1 aromatic carbocycles. The van der Waals surface area contributed by atoms with Gasteiger partial charge in [0.05, 0.1) is 12.1 Å². The van der Waals surface area contributed by atoms with Crippen LogP contribution in [0.4, 0.5) is 10.1 Å². The number of ether oxygens (including phenoxy) is 1. The molecule has 3 N–H and O–H groups in total. The van der Waals surface area contributed by atoms with Crippen LogP contribution < -0.4 is 15.8 Å². The van der Waals surface area contributed by atoms with Gasteiger partial charge in [0.25, 0.3) is 0 Å². The number of rotatable bonds is 4. The number of amides is 1. The van der Waals surface area contributed by atoms with Crippen LogP contribution in [0.15, 0.2) is 18.2 Å². The molecule has 0 atom stereocenters. The number of hydrogen-bond donors (Lipinski definition) is 2. The zero-order valence-corrected chi connectivity index (χ0v) is 11.4. The van der Waals surface area contributed by atoms with Crippen molar-refractivity contribution in [2.75, 3.05) is 11.9 Å². The second-order valence-corrected chi connectivity index (χ2v) is 4.25. The SMILES string of the molecule is CCOc1ccc(NC(=O)C(C)(C)N)cc1F.Cl. The zero-order chi connectivity index (χ0) is 13.1. The lowest BCUT2D eigenvalue weighted by molar-refractivity contribution is -0.120. The highest BCUT2D eigenvalue weighted by molar-refractivity contribution is 5.97. The molecule has 18 heavy (non-hydrogen) atoms. The van der Waals surface area contributed by atoms with Crippen LogP contribution in [0.5, 0.6) is 5.75 Å². The Morgan fingerprint density at radius 1 is 1.50 bits per heavy atom. The van der Waals surface area contributed by atoms with Crippen LogP contribution in [-0.4, -0.2) is 18.1 Å². The van der Waals surface area contributed by atoms with Crippen LogP contribution in [-0.2, 0) is 4.79 Å². The van der Waals surface area contributed by atoms with Gasteiger partial charge in [-0.15, -0.1) is 12.4 Å². The smallest absolute Gasteiger partial charge is 0.243 e. The normalized spacial score (nSPS) is 10.5. The Morgan fingerprint density at radius 3 is 2.56 bits per heavy atom. The highest BCUT2D eigenvalue weighted by atomic mass is 35.5. The Kier molecular flexibility index (Phi) is 6.08. The van der Waals surface area contributed by atoms with Crippen LogP contribution in [0, 0.1) is 5.82 Å². The lowest BCUT2D eigenvalue weighted by atomic mass is 10.1. The number of nitrogens with two attached hydrogens (primary N) is 1. The number of hydrogen-bond acceptors (Lipinski definition) is 3. The molecule has 0 spiro atoms. The van der Waals surface area contributed by atoms with E-state index in [-0.39, 0.29) is 24.1 Å². The first kappa shape index (κ1) is 16.7. The Hall–Kier alpha value is -1.33. The van der Waals surface area contributed by atoms with Gasteiger partial charge in [0.2, 0.25) is 5.91 Å². The summed E-state index contributed by atoms with van der Waals surface area (Å²) in [7, 11) is 0. The highest BCUT2D eigenvalue weighted by Gasteiger charge is 2.22. The molecule has 0 aliphatic carbocycles. The Balaban J connectivity index is 0.00000289. The minimum absolute atomic E-state index is 0. The first-order chi connectivity index (χ1) is 7.84. The van der Waals surface area contributed by atoms with Crippen LogP contribution in [0.3, 0.4) is 0 Å². The van der Waals surface area contributed by atoms with Gasteiger partial charge in [0.1, 0.15) is 0 Å². The molecule has 4 nitrogen and oxygen atoms in total. The average molecular weight is 277 g/mol. The topological polar surface area (TPSA) is 64.3 Å². The first-order valence-corrected chi connectivity index (χ1v) is 5.37. The van der Waals surface area contributed by atoms with Gasteiger partial charge in [-0.2, -0.15) is 0 Å². The maximum absolute atomic E-state index is 13.5. The summed E-state index contributed by atoms with van der Waals surface area (Å²) in [5.41, 5.74) is 4.96. The first-order valence-electron chi connectivity index (χ1n) is 5.37. The molecule has 0 bridgehead atoms. The summed E-state index contributed by atoms with van der Waals surface area (Å²) in [6, 6.07) is 4.24. The molecule has 0 aliphatic heterocycles. The summed E-state index contributed by atoms with van der Waals surface area (Å²) >= 11 is 0. The van der Waals surface area contributed by atoms with Gasteiger partial charge < -0.3 is 15.8 Å². The maximum Gasteiger partial charge on any atom is 0.243 e. The summed E-state index contributed by atoms with van der Waals surface area (Å²) in [4.78, 5) is 11.6. The lowest BCUT2D eigenvalue weighted by Gasteiger charge is -2.18. The molecule has 0 aromatic heterocycles. The molecule has 0 saturated heterocycles. The van der Waals surface area contributed by atoms with Crippen LogP contribution in [0.1, 0.15) is 20.8 Å². The third-order valence-corrected chi connectivity index (χ3v) is 2.07. The minimum atomic E-state index is -1.00. The predicted octanol–water partition coefficient (Wildman–Crippen LogP) is 2.32. The fourth-order valence-electron chi connectivity index (χ4n) is 1.14. The molecule has 0 heterocycles. The monoisotopic (exact) mass is 276 g/mol. The van der Waals surface area contributed by atoms with E-state index in [4.69, 9.17) is 10.5 Å². The molecule has 1 amide bonds. The molecule has 1 aromatic rings. The van der Waals surface area contributed by atoms with E-state index in [1.54, 1.807) is 26.8 Å². The number of nitrogens with one attached hydrogen (secondary N) is 1. The van der Waals surface area contributed by atoms with Crippen molar-refractivity contribution in [1.29, 1.82) is 0 Å². The van der Waals surface area contributed by atoms with E-state index < -0.39 is 11.4 Å². The van der Waals surface area contributed by atoms with Gasteiger partial charge in [-0.25, -0.2) is 4.39 Å². The molecule has 0 fully saturated rings. The summed E-state index contributed by atoms with van der Waals surface area (Å²) in [6.45, 7) is 5.31. The number of carbonyl (C=O) groups is 1.